The molecule has 0 radical (unpaired) electrons. The van der Waals surface area contributed by atoms with E-state index < -0.39 is 7.14 Å². The molecule has 1 rings (SSSR count). The van der Waals surface area contributed by atoms with Gasteiger partial charge in [-0.3, -0.25) is 0 Å². The maximum atomic E-state index is 11.6. The van der Waals surface area contributed by atoms with E-state index >= 15 is 0 Å². The highest BCUT2D eigenvalue weighted by atomic mass is 31.2. The number of rotatable bonds is 0. The number of hydrogen-bond donors (Lipinski definition) is 0. The highest BCUT2D eigenvalue weighted by Gasteiger charge is 2.36. The molecule has 1 aliphatic rings. The highest BCUT2D eigenvalue weighted by molar-refractivity contribution is 7.64. The van der Waals surface area contributed by atoms with Crippen molar-refractivity contribution in [1.29, 1.82) is 0 Å². The molecule has 1 fully saturated rings. The molecule has 0 spiro atoms. The summed E-state index contributed by atoms with van der Waals surface area (Å²) in [5, 5.41) is 0. The fraction of sp³-hybridized carbons (Fsp3) is 0.750. The predicted octanol–water partition coefficient (Wildman–Crippen LogP) is 2.02. The Labute approximate surface area is 62.6 Å². The van der Waals surface area contributed by atoms with Crippen LogP contribution in [0.5, 0.6) is 0 Å². The van der Waals surface area contributed by atoms with Gasteiger partial charge in [0, 0.05) is 17.7 Å². The third-order valence-electron chi connectivity index (χ3n) is 2.54. The molecule has 0 aromatic carbocycles. The zero-order valence-electron chi connectivity index (χ0n) is 6.50. The third kappa shape index (κ3) is 1.13. The van der Waals surface area contributed by atoms with Crippen LogP contribution in [0, 0.1) is 18.3 Å². The first-order chi connectivity index (χ1) is 4.58. The van der Waals surface area contributed by atoms with Crippen molar-refractivity contribution in [2.24, 2.45) is 5.92 Å². The van der Waals surface area contributed by atoms with Crippen molar-refractivity contribution in [3.63, 3.8) is 0 Å². The average Bonchev–Trinajstić information content (AvgIpc) is 2.10. The molecule has 3 unspecified atom stereocenters. The number of hydrogen-bond acceptors (Lipinski definition) is 1. The summed E-state index contributed by atoms with van der Waals surface area (Å²) in [5.74, 6) is 2.97. The molecular formula is C8H13OP. The molecule has 1 saturated heterocycles. The standard InChI is InChI=1S/C8H13OP/c1-4-8-5-6-10(3,9)7(8)2/h1,7-8H,5-6H2,2-3H3. The molecule has 0 aromatic rings. The highest BCUT2D eigenvalue weighted by Crippen LogP contribution is 2.56. The summed E-state index contributed by atoms with van der Waals surface area (Å²) in [5.41, 5.74) is 0.262. The van der Waals surface area contributed by atoms with Gasteiger partial charge in [-0.2, -0.15) is 0 Å². The van der Waals surface area contributed by atoms with Gasteiger partial charge < -0.3 is 4.57 Å². The van der Waals surface area contributed by atoms with Gasteiger partial charge in [0.05, 0.1) is 7.14 Å². The predicted molar refractivity (Wildman–Crippen MR) is 44.8 cm³/mol. The summed E-state index contributed by atoms with van der Waals surface area (Å²) >= 11 is 0. The van der Waals surface area contributed by atoms with E-state index in [-0.39, 0.29) is 11.6 Å². The van der Waals surface area contributed by atoms with Crippen molar-refractivity contribution < 1.29 is 4.57 Å². The van der Waals surface area contributed by atoms with E-state index in [0.717, 1.165) is 12.6 Å². The molecule has 0 saturated carbocycles. The fourth-order valence-electron chi connectivity index (χ4n) is 1.44. The van der Waals surface area contributed by atoms with E-state index in [1.165, 1.54) is 0 Å². The minimum atomic E-state index is -1.85. The molecule has 2 heteroatoms. The Balaban J connectivity index is 2.79. The van der Waals surface area contributed by atoms with Crippen molar-refractivity contribution >= 4 is 7.14 Å². The smallest absolute Gasteiger partial charge is 0.0887 e. The van der Waals surface area contributed by atoms with E-state index in [2.05, 4.69) is 5.92 Å². The molecule has 0 amide bonds. The molecule has 56 valence electrons. The summed E-state index contributed by atoms with van der Waals surface area (Å²) in [4.78, 5) is 0. The summed E-state index contributed by atoms with van der Waals surface area (Å²) in [7, 11) is -1.85. The molecule has 1 nitrogen and oxygen atoms in total. The molecule has 0 aliphatic carbocycles. The van der Waals surface area contributed by atoms with Crippen LogP contribution in [-0.2, 0) is 4.57 Å². The molecule has 3 atom stereocenters. The molecule has 1 aliphatic heterocycles. The largest absolute Gasteiger partial charge is 0.324 e. The molecule has 0 N–H and O–H groups in total. The Bertz CT molecular complexity index is 214. The fourth-order valence-corrected chi connectivity index (χ4v) is 3.64. The van der Waals surface area contributed by atoms with Gasteiger partial charge in [-0.15, -0.1) is 12.3 Å². The van der Waals surface area contributed by atoms with Gasteiger partial charge in [0.2, 0.25) is 0 Å². The van der Waals surface area contributed by atoms with E-state index in [1.54, 1.807) is 0 Å². The monoisotopic (exact) mass is 156 g/mol. The Morgan fingerprint density at radius 2 is 2.30 bits per heavy atom. The van der Waals surface area contributed by atoms with E-state index in [9.17, 15) is 4.57 Å². The van der Waals surface area contributed by atoms with E-state index in [0.29, 0.717) is 0 Å². The topological polar surface area (TPSA) is 17.1 Å². The Kier molecular flexibility index (Phi) is 1.92. The van der Waals surface area contributed by atoms with Gasteiger partial charge in [0.15, 0.2) is 0 Å². The minimum Gasteiger partial charge on any atom is -0.324 e. The minimum absolute atomic E-state index is 0.262. The van der Waals surface area contributed by atoms with Crippen molar-refractivity contribution in [2.75, 3.05) is 12.8 Å². The summed E-state index contributed by atoms with van der Waals surface area (Å²) in [6, 6.07) is 0. The summed E-state index contributed by atoms with van der Waals surface area (Å²) in [6.45, 7) is 3.88. The van der Waals surface area contributed by atoms with Crippen LogP contribution >= 0.6 is 7.14 Å². The van der Waals surface area contributed by atoms with Gasteiger partial charge in [-0.25, -0.2) is 0 Å². The van der Waals surface area contributed by atoms with Gasteiger partial charge in [0.25, 0.3) is 0 Å². The van der Waals surface area contributed by atoms with Crippen molar-refractivity contribution in [1.82, 2.24) is 0 Å². The van der Waals surface area contributed by atoms with E-state index in [1.807, 2.05) is 13.6 Å². The van der Waals surface area contributed by atoms with Crippen LogP contribution in [0.15, 0.2) is 0 Å². The second-order valence-electron chi connectivity index (χ2n) is 3.20. The Morgan fingerprint density at radius 1 is 1.70 bits per heavy atom. The lowest BCUT2D eigenvalue weighted by Gasteiger charge is -2.12. The van der Waals surface area contributed by atoms with Gasteiger partial charge in [-0.1, -0.05) is 6.92 Å². The van der Waals surface area contributed by atoms with Crippen LogP contribution < -0.4 is 0 Å². The number of terminal acetylenes is 1. The average molecular weight is 156 g/mol. The SMILES string of the molecule is C#CC1CCP(C)(=O)C1C. The first-order valence-corrected chi connectivity index (χ1v) is 6.01. The van der Waals surface area contributed by atoms with Crippen LogP contribution in [0.4, 0.5) is 0 Å². The van der Waals surface area contributed by atoms with Crippen molar-refractivity contribution in [3.05, 3.63) is 0 Å². The van der Waals surface area contributed by atoms with Gasteiger partial charge in [0.1, 0.15) is 0 Å². The lowest BCUT2D eigenvalue weighted by molar-refractivity contribution is 0.572. The summed E-state index contributed by atoms with van der Waals surface area (Å²) < 4.78 is 11.6. The van der Waals surface area contributed by atoms with Crippen LogP contribution in [0.1, 0.15) is 13.3 Å². The van der Waals surface area contributed by atoms with Crippen LogP contribution in [0.3, 0.4) is 0 Å². The second kappa shape index (κ2) is 2.44. The van der Waals surface area contributed by atoms with E-state index in [4.69, 9.17) is 6.42 Å². The molecule has 0 bridgehead atoms. The molecular weight excluding hydrogens is 143 g/mol. The Morgan fingerprint density at radius 3 is 2.50 bits per heavy atom. The second-order valence-corrected chi connectivity index (χ2v) is 6.81. The summed E-state index contributed by atoms with van der Waals surface area (Å²) in [6.07, 6.45) is 7.09. The van der Waals surface area contributed by atoms with Crippen molar-refractivity contribution in [3.8, 4) is 12.3 Å². The van der Waals surface area contributed by atoms with Gasteiger partial charge >= 0.3 is 0 Å². The Hall–Kier alpha value is -0.210. The zero-order chi connectivity index (χ0) is 7.78. The lowest BCUT2D eigenvalue weighted by Crippen LogP contribution is -2.06. The van der Waals surface area contributed by atoms with Crippen LogP contribution in [0.25, 0.3) is 0 Å². The third-order valence-corrected chi connectivity index (χ3v) is 5.77. The van der Waals surface area contributed by atoms with Crippen LogP contribution in [0.2, 0.25) is 0 Å². The first kappa shape index (κ1) is 7.89. The van der Waals surface area contributed by atoms with Gasteiger partial charge in [-0.05, 0) is 13.1 Å². The molecule has 10 heavy (non-hydrogen) atoms. The maximum absolute atomic E-state index is 11.6. The maximum Gasteiger partial charge on any atom is 0.0887 e. The normalized spacial score (nSPS) is 46.9. The first-order valence-electron chi connectivity index (χ1n) is 3.60. The zero-order valence-corrected chi connectivity index (χ0v) is 7.40. The quantitative estimate of drug-likeness (QED) is 0.387. The van der Waals surface area contributed by atoms with Crippen molar-refractivity contribution in [2.45, 2.75) is 19.0 Å². The molecule has 0 aromatic heterocycles. The molecule has 1 heterocycles. The lowest BCUT2D eigenvalue weighted by atomic mass is 10.1. The van der Waals surface area contributed by atoms with Crippen LogP contribution in [-0.4, -0.2) is 18.5 Å².